The molecule has 9 heteroatoms. The van der Waals surface area contributed by atoms with E-state index in [1.165, 1.54) is 47.0 Å². The molecule has 0 atom stereocenters. The Morgan fingerprint density at radius 3 is 2.53 bits per heavy atom. The van der Waals surface area contributed by atoms with Crippen LogP contribution in [-0.4, -0.2) is 36.3 Å². The molecule has 0 bridgehead atoms. The number of nitrogens with zero attached hydrogens (tertiary/aromatic N) is 3. The normalized spacial score (nSPS) is 12.6. The lowest BCUT2D eigenvalue weighted by molar-refractivity contribution is 0.0998. The number of benzene rings is 2. The quantitative estimate of drug-likeness (QED) is 0.494. The number of halogens is 1. The summed E-state index contributed by atoms with van der Waals surface area (Å²) in [6.07, 6.45) is 5.49. The maximum Gasteiger partial charge on any atom is 0.279 e. The molecule has 3 aromatic rings. The van der Waals surface area contributed by atoms with E-state index in [4.69, 9.17) is 6.42 Å². The van der Waals surface area contributed by atoms with Crippen molar-refractivity contribution in [2.24, 2.45) is 4.99 Å². The molecule has 156 valence electrons. The molecule has 1 heterocycles. The number of carbonyl (C=O) groups is 1. The molecule has 2 aromatic carbocycles. The van der Waals surface area contributed by atoms with E-state index in [1.54, 1.807) is 18.4 Å². The number of rotatable bonds is 5. The number of carbonyl (C=O) groups excluding carboxylic acids is 1. The summed E-state index contributed by atoms with van der Waals surface area (Å²) >= 11 is 4.80. The van der Waals surface area contributed by atoms with Crippen molar-refractivity contribution in [3.63, 3.8) is 0 Å². The summed E-state index contributed by atoms with van der Waals surface area (Å²) in [5.41, 5.74) is 1.19. The number of fused-ring (bicyclic) bond motifs is 1. The average Bonchev–Trinajstić information content (AvgIpc) is 3.03. The lowest BCUT2D eigenvalue weighted by Crippen LogP contribution is -2.33. The van der Waals surface area contributed by atoms with Crippen molar-refractivity contribution < 1.29 is 13.2 Å². The number of thiazole rings is 1. The molecule has 3 rings (SSSR count). The van der Waals surface area contributed by atoms with Gasteiger partial charge in [-0.25, -0.2) is 8.42 Å². The molecular weight excluding hydrogens is 486 g/mol. The van der Waals surface area contributed by atoms with E-state index in [0.29, 0.717) is 10.4 Å². The van der Waals surface area contributed by atoms with Gasteiger partial charge >= 0.3 is 0 Å². The molecule has 0 aliphatic heterocycles. The third-order valence-electron chi connectivity index (χ3n) is 4.60. The van der Waals surface area contributed by atoms with Crippen molar-refractivity contribution >= 4 is 53.4 Å². The van der Waals surface area contributed by atoms with Crippen LogP contribution in [0.1, 0.15) is 24.2 Å². The standard InChI is InChI=1S/C21H20BrN3O3S2/c1-5-12-25-18-11-8-16(22)13-19(18)29-21(25)23-20(26)15-6-9-17(10-7-15)30(27,28)24(4)14(2)3/h1,6-11,13-14H,12H2,2-4H3. The van der Waals surface area contributed by atoms with Crippen LogP contribution < -0.4 is 4.80 Å². The number of amides is 1. The van der Waals surface area contributed by atoms with Gasteiger partial charge < -0.3 is 4.57 Å². The summed E-state index contributed by atoms with van der Waals surface area (Å²) in [4.78, 5) is 17.6. The highest BCUT2D eigenvalue weighted by atomic mass is 79.9. The van der Waals surface area contributed by atoms with Gasteiger partial charge in [-0.15, -0.1) is 6.42 Å². The second-order valence-electron chi connectivity index (χ2n) is 6.84. The number of aromatic nitrogens is 1. The summed E-state index contributed by atoms with van der Waals surface area (Å²) in [5, 5.41) is 0. The summed E-state index contributed by atoms with van der Waals surface area (Å²) in [5.74, 6) is 2.12. The zero-order chi connectivity index (χ0) is 22.1. The van der Waals surface area contributed by atoms with Gasteiger partial charge in [0, 0.05) is 23.1 Å². The minimum Gasteiger partial charge on any atom is -0.305 e. The van der Waals surface area contributed by atoms with Crippen molar-refractivity contribution in [1.82, 2.24) is 8.87 Å². The topological polar surface area (TPSA) is 71.7 Å². The fraction of sp³-hybridized carbons (Fsp3) is 0.238. The molecule has 0 aliphatic rings. The first-order chi connectivity index (χ1) is 14.1. The Balaban J connectivity index is 1.99. The maximum atomic E-state index is 12.7. The van der Waals surface area contributed by atoms with Gasteiger partial charge in [0.05, 0.1) is 21.7 Å². The number of hydrogen-bond donors (Lipinski definition) is 0. The lowest BCUT2D eigenvalue weighted by Gasteiger charge is -2.20. The third kappa shape index (κ3) is 4.42. The molecule has 0 saturated heterocycles. The van der Waals surface area contributed by atoms with Crippen LogP contribution >= 0.6 is 27.3 Å². The SMILES string of the molecule is C#CCn1c(=NC(=O)c2ccc(S(=O)(=O)N(C)C(C)C)cc2)sc2cc(Br)ccc21. The molecule has 0 unspecified atom stereocenters. The molecule has 0 radical (unpaired) electrons. The highest BCUT2D eigenvalue weighted by Crippen LogP contribution is 2.22. The lowest BCUT2D eigenvalue weighted by atomic mass is 10.2. The minimum atomic E-state index is -3.61. The van der Waals surface area contributed by atoms with Crippen LogP contribution in [-0.2, 0) is 16.6 Å². The zero-order valence-corrected chi connectivity index (χ0v) is 19.9. The van der Waals surface area contributed by atoms with Gasteiger partial charge in [0.1, 0.15) is 0 Å². The minimum absolute atomic E-state index is 0.129. The van der Waals surface area contributed by atoms with Crippen molar-refractivity contribution in [2.75, 3.05) is 7.05 Å². The Morgan fingerprint density at radius 1 is 1.27 bits per heavy atom. The van der Waals surface area contributed by atoms with Crippen LogP contribution in [0, 0.1) is 12.3 Å². The van der Waals surface area contributed by atoms with E-state index < -0.39 is 15.9 Å². The van der Waals surface area contributed by atoms with Crippen molar-refractivity contribution in [3.05, 3.63) is 57.3 Å². The van der Waals surface area contributed by atoms with E-state index in [1.807, 2.05) is 18.2 Å². The predicted octanol–water partition coefficient (Wildman–Crippen LogP) is 3.87. The van der Waals surface area contributed by atoms with Gasteiger partial charge in [0.2, 0.25) is 10.0 Å². The van der Waals surface area contributed by atoms with Crippen LogP contribution in [0.2, 0.25) is 0 Å². The molecule has 6 nitrogen and oxygen atoms in total. The third-order valence-corrected chi connectivity index (χ3v) is 8.18. The second kappa shape index (κ2) is 8.86. The second-order valence-corrected chi connectivity index (χ2v) is 10.8. The molecule has 1 aromatic heterocycles. The molecule has 30 heavy (non-hydrogen) atoms. The largest absolute Gasteiger partial charge is 0.305 e. The average molecular weight is 506 g/mol. The Bertz CT molecular complexity index is 1310. The number of hydrogen-bond acceptors (Lipinski definition) is 4. The van der Waals surface area contributed by atoms with E-state index in [-0.39, 0.29) is 17.5 Å². The van der Waals surface area contributed by atoms with Crippen LogP contribution in [0.15, 0.2) is 56.8 Å². The molecule has 0 aliphatic carbocycles. The summed E-state index contributed by atoms with van der Waals surface area (Å²) in [7, 11) is -2.09. The Morgan fingerprint density at radius 2 is 1.93 bits per heavy atom. The van der Waals surface area contributed by atoms with Crippen LogP contribution in [0.4, 0.5) is 0 Å². The smallest absolute Gasteiger partial charge is 0.279 e. The Labute approximate surface area is 188 Å². The monoisotopic (exact) mass is 505 g/mol. The summed E-state index contributed by atoms with van der Waals surface area (Å²) < 4.78 is 30.1. The van der Waals surface area contributed by atoms with Crippen molar-refractivity contribution in [1.29, 1.82) is 0 Å². The van der Waals surface area contributed by atoms with Gasteiger partial charge in [-0.3, -0.25) is 4.79 Å². The van der Waals surface area contributed by atoms with Crippen molar-refractivity contribution in [3.8, 4) is 12.3 Å². The van der Waals surface area contributed by atoms with Crippen LogP contribution in [0.25, 0.3) is 10.2 Å². The van der Waals surface area contributed by atoms with Crippen molar-refractivity contribution in [2.45, 2.75) is 31.3 Å². The van der Waals surface area contributed by atoms with Gasteiger partial charge in [0.15, 0.2) is 4.80 Å². The van der Waals surface area contributed by atoms with E-state index in [2.05, 4.69) is 26.8 Å². The van der Waals surface area contributed by atoms with Gasteiger partial charge in [-0.1, -0.05) is 33.2 Å². The molecule has 0 N–H and O–H groups in total. The molecule has 0 saturated carbocycles. The highest BCUT2D eigenvalue weighted by molar-refractivity contribution is 9.10. The molecule has 0 fully saturated rings. The van der Waals surface area contributed by atoms with Crippen LogP contribution in [0.5, 0.6) is 0 Å². The zero-order valence-electron chi connectivity index (χ0n) is 16.7. The Hall–Kier alpha value is -2.25. The summed E-state index contributed by atoms with van der Waals surface area (Å²) in [6.45, 7) is 3.87. The van der Waals surface area contributed by atoms with Crippen LogP contribution in [0.3, 0.4) is 0 Å². The predicted molar refractivity (Wildman–Crippen MR) is 123 cm³/mol. The first kappa shape index (κ1) is 22.4. The number of terminal acetylenes is 1. The van der Waals surface area contributed by atoms with Gasteiger partial charge in [-0.2, -0.15) is 9.30 Å². The van der Waals surface area contributed by atoms with Gasteiger partial charge in [-0.05, 0) is 56.3 Å². The fourth-order valence-corrected chi connectivity index (χ4v) is 5.69. The maximum absolute atomic E-state index is 12.7. The molecular formula is C21H20BrN3O3S2. The van der Waals surface area contributed by atoms with E-state index in [9.17, 15) is 13.2 Å². The van der Waals surface area contributed by atoms with E-state index >= 15 is 0 Å². The highest BCUT2D eigenvalue weighted by Gasteiger charge is 2.23. The van der Waals surface area contributed by atoms with Gasteiger partial charge in [0.25, 0.3) is 5.91 Å². The first-order valence-corrected chi connectivity index (χ1v) is 12.1. The van der Waals surface area contributed by atoms with E-state index in [0.717, 1.165) is 14.7 Å². The number of sulfonamides is 1. The molecule has 0 spiro atoms. The first-order valence-electron chi connectivity index (χ1n) is 9.04. The molecule has 1 amide bonds. The Kier molecular flexibility index (Phi) is 6.62. The summed E-state index contributed by atoms with van der Waals surface area (Å²) in [6, 6.07) is 11.4. The fourth-order valence-electron chi connectivity index (χ4n) is 2.74.